The van der Waals surface area contributed by atoms with E-state index in [4.69, 9.17) is 5.73 Å². The lowest BCUT2D eigenvalue weighted by Gasteiger charge is -2.06. The molecule has 4 aromatic rings. The van der Waals surface area contributed by atoms with Gasteiger partial charge in [-0.2, -0.15) is 5.10 Å². The molecule has 0 spiro atoms. The molecular formula is C18H15FN4O2. The number of halogens is 1. The van der Waals surface area contributed by atoms with Gasteiger partial charge in [0.2, 0.25) is 0 Å². The van der Waals surface area contributed by atoms with Crippen LogP contribution in [-0.4, -0.2) is 19.5 Å². The predicted molar refractivity (Wildman–Crippen MR) is 94.1 cm³/mol. The van der Waals surface area contributed by atoms with Crippen molar-refractivity contribution in [3.05, 3.63) is 64.3 Å². The van der Waals surface area contributed by atoms with Gasteiger partial charge in [0.25, 0.3) is 5.56 Å². The number of phenolic OH excluding ortho intramolecular Hbond substituents is 1. The second kappa shape index (κ2) is 5.34. The Morgan fingerprint density at radius 1 is 1.24 bits per heavy atom. The van der Waals surface area contributed by atoms with Crippen molar-refractivity contribution in [3.63, 3.8) is 0 Å². The molecule has 2 heterocycles. The third kappa shape index (κ3) is 2.32. The summed E-state index contributed by atoms with van der Waals surface area (Å²) in [6.45, 7) is 0.279. The minimum atomic E-state index is -0.732. The fraction of sp³-hybridized carbons (Fsp3) is 0.111. The molecule has 0 amide bonds. The summed E-state index contributed by atoms with van der Waals surface area (Å²) >= 11 is 0. The first-order valence-electron chi connectivity index (χ1n) is 7.67. The molecule has 0 saturated carbocycles. The number of benzene rings is 2. The van der Waals surface area contributed by atoms with Gasteiger partial charge in [0.05, 0.1) is 18.3 Å². The summed E-state index contributed by atoms with van der Waals surface area (Å²) in [5.41, 5.74) is 7.92. The summed E-state index contributed by atoms with van der Waals surface area (Å²) in [5.74, 6) is -1.18. The quantitative estimate of drug-likeness (QED) is 0.549. The van der Waals surface area contributed by atoms with E-state index in [1.54, 1.807) is 29.9 Å². The number of anilines is 1. The Morgan fingerprint density at radius 2 is 2.04 bits per heavy atom. The summed E-state index contributed by atoms with van der Waals surface area (Å²) in [6, 6.07) is 9.77. The van der Waals surface area contributed by atoms with Crippen LogP contribution in [0.4, 0.5) is 10.1 Å². The normalized spacial score (nSPS) is 11.4. The number of aromatic hydroxyl groups is 1. The number of hydrogen-bond donors (Lipinski definition) is 2. The Labute approximate surface area is 141 Å². The van der Waals surface area contributed by atoms with Gasteiger partial charge in [-0.05, 0) is 23.8 Å². The number of rotatable bonds is 2. The van der Waals surface area contributed by atoms with Crippen molar-refractivity contribution in [2.24, 2.45) is 7.05 Å². The Morgan fingerprint density at radius 3 is 2.80 bits per heavy atom. The Kier molecular flexibility index (Phi) is 3.24. The average molecular weight is 338 g/mol. The van der Waals surface area contributed by atoms with Gasteiger partial charge in [0.15, 0.2) is 11.6 Å². The molecule has 0 aliphatic carbocycles. The van der Waals surface area contributed by atoms with Crippen LogP contribution in [0.25, 0.3) is 21.8 Å². The maximum Gasteiger partial charge on any atom is 0.291 e. The van der Waals surface area contributed by atoms with Crippen LogP contribution in [0, 0.1) is 5.82 Å². The summed E-state index contributed by atoms with van der Waals surface area (Å²) in [7, 11) is 1.70. The maximum absolute atomic E-state index is 13.7. The molecule has 2 aromatic heterocycles. The molecule has 2 aromatic carbocycles. The van der Waals surface area contributed by atoms with Crippen molar-refractivity contribution < 1.29 is 9.50 Å². The van der Waals surface area contributed by atoms with Gasteiger partial charge in [-0.1, -0.05) is 12.1 Å². The Bertz CT molecular complexity index is 1190. The van der Waals surface area contributed by atoms with Crippen LogP contribution in [-0.2, 0) is 13.6 Å². The van der Waals surface area contributed by atoms with Crippen LogP contribution < -0.4 is 11.3 Å². The lowest BCUT2D eigenvalue weighted by Crippen LogP contribution is -2.24. The van der Waals surface area contributed by atoms with Crippen LogP contribution in [0.3, 0.4) is 0 Å². The first-order valence-corrected chi connectivity index (χ1v) is 7.67. The van der Waals surface area contributed by atoms with Crippen LogP contribution >= 0.6 is 0 Å². The van der Waals surface area contributed by atoms with Crippen molar-refractivity contribution in [1.82, 2.24) is 14.3 Å². The molecule has 0 radical (unpaired) electrons. The SMILES string of the molecule is Cn1c2cc(O)c(F)cc2c2cnn(Cc3cccc(N)c3)c(=O)c21. The number of hydrogen-bond acceptors (Lipinski definition) is 4. The summed E-state index contributed by atoms with van der Waals surface area (Å²) in [5, 5.41) is 14.9. The Balaban J connectivity index is 1.95. The third-order valence-electron chi connectivity index (χ3n) is 4.35. The fourth-order valence-corrected chi connectivity index (χ4v) is 3.14. The lowest BCUT2D eigenvalue weighted by molar-refractivity contribution is 0.433. The van der Waals surface area contributed by atoms with Crippen LogP contribution in [0.2, 0.25) is 0 Å². The molecule has 7 heteroatoms. The monoisotopic (exact) mass is 338 g/mol. The van der Waals surface area contributed by atoms with Gasteiger partial charge in [-0.25, -0.2) is 9.07 Å². The van der Waals surface area contributed by atoms with Crippen molar-refractivity contribution in [3.8, 4) is 5.75 Å². The van der Waals surface area contributed by atoms with E-state index in [-0.39, 0.29) is 12.1 Å². The van der Waals surface area contributed by atoms with Gasteiger partial charge in [0, 0.05) is 29.6 Å². The van der Waals surface area contributed by atoms with E-state index in [2.05, 4.69) is 5.10 Å². The van der Waals surface area contributed by atoms with Gasteiger partial charge < -0.3 is 15.4 Å². The van der Waals surface area contributed by atoms with E-state index >= 15 is 0 Å². The van der Waals surface area contributed by atoms with Gasteiger partial charge in [-0.15, -0.1) is 0 Å². The molecule has 6 nitrogen and oxygen atoms in total. The average Bonchev–Trinajstić information content (AvgIpc) is 2.84. The lowest BCUT2D eigenvalue weighted by atomic mass is 10.2. The third-order valence-corrected chi connectivity index (χ3v) is 4.35. The summed E-state index contributed by atoms with van der Waals surface area (Å²) in [4.78, 5) is 12.9. The van der Waals surface area contributed by atoms with E-state index in [0.717, 1.165) is 5.56 Å². The minimum absolute atomic E-state index is 0.279. The second-order valence-corrected chi connectivity index (χ2v) is 5.99. The standard InChI is InChI=1S/C18H15FN4O2/c1-22-15-7-16(24)14(19)6-12(15)13-8-21-23(18(25)17(13)22)9-10-3-2-4-11(20)5-10/h2-8,24H,9,20H2,1H3. The molecule has 4 rings (SSSR count). The van der Waals surface area contributed by atoms with Gasteiger partial charge in [-0.3, -0.25) is 4.79 Å². The van der Waals surface area contributed by atoms with E-state index in [0.29, 0.717) is 27.5 Å². The topological polar surface area (TPSA) is 86.1 Å². The number of nitrogen functional groups attached to an aromatic ring is 1. The molecule has 3 N–H and O–H groups in total. The smallest absolute Gasteiger partial charge is 0.291 e. The fourth-order valence-electron chi connectivity index (χ4n) is 3.14. The van der Waals surface area contributed by atoms with Gasteiger partial charge in [0.1, 0.15) is 5.52 Å². The van der Waals surface area contributed by atoms with E-state index < -0.39 is 11.6 Å². The number of aryl methyl sites for hydroxylation is 1. The predicted octanol–water partition coefficient (Wildman–Crippen LogP) is 2.36. The molecular weight excluding hydrogens is 323 g/mol. The van der Waals surface area contributed by atoms with Crippen molar-refractivity contribution in [1.29, 1.82) is 0 Å². The highest BCUT2D eigenvalue weighted by Gasteiger charge is 2.16. The van der Waals surface area contributed by atoms with Crippen LogP contribution in [0.15, 0.2) is 47.4 Å². The van der Waals surface area contributed by atoms with Crippen molar-refractivity contribution in [2.45, 2.75) is 6.54 Å². The zero-order valence-corrected chi connectivity index (χ0v) is 13.4. The van der Waals surface area contributed by atoms with E-state index in [9.17, 15) is 14.3 Å². The number of fused-ring (bicyclic) bond motifs is 3. The van der Waals surface area contributed by atoms with Gasteiger partial charge >= 0.3 is 0 Å². The molecule has 0 aliphatic rings. The number of nitrogens with zero attached hydrogens (tertiary/aromatic N) is 3. The highest BCUT2D eigenvalue weighted by molar-refractivity contribution is 6.07. The largest absolute Gasteiger partial charge is 0.505 e. The first kappa shape index (κ1) is 15.2. The zero-order valence-electron chi connectivity index (χ0n) is 13.4. The zero-order chi connectivity index (χ0) is 17.7. The maximum atomic E-state index is 13.7. The molecule has 0 unspecified atom stereocenters. The molecule has 0 saturated heterocycles. The number of phenols is 1. The first-order chi connectivity index (χ1) is 12.0. The number of nitrogens with two attached hydrogens (primary N) is 1. The van der Waals surface area contributed by atoms with E-state index in [1.807, 2.05) is 12.1 Å². The number of aromatic nitrogens is 3. The summed E-state index contributed by atoms with van der Waals surface area (Å²) in [6.07, 6.45) is 1.54. The van der Waals surface area contributed by atoms with Crippen LogP contribution in [0.1, 0.15) is 5.56 Å². The highest BCUT2D eigenvalue weighted by Crippen LogP contribution is 2.30. The molecule has 0 bridgehead atoms. The van der Waals surface area contributed by atoms with Crippen LogP contribution in [0.5, 0.6) is 5.75 Å². The molecule has 126 valence electrons. The second-order valence-electron chi connectivity index (χ2n) is 5.99. The minimum Gasteiger partial charge on any atom is -0.505 e. The van der Waals surface area contributed by atoms with Crippen molar-refractivity contribution >= 4 is 27.5 Å². The van der Waals surface area contributed by atoms with Crippen molar-refractivity contribution in [2.75, 3.05) is 5.73 Å². The molecule has 25 heavy (non-hydrogen) atoms. The molecule has 0 atom stereocenters. The molecule has 0 aliphatic heterocycles. The molecule has 0 fully saturated rings. The Hall–Kier alpha value is -3.35. The van der Waals surface area contributed by atoms with E-state index in [1.165, 1.54) is 16.8 Å². The highest BCUT2D eigenvalue weighted by atomic mass is 19.1. The summed E-state index contributed by atoms with van der Waals surface area (Å²) < 4.78 is 16.7.